The lowest BCUT2D eigenvalue weighted by Gasteiger charge is -2.20. The number of hydrogen-bond acceptors (Lipinski definition) is 2. The molecule has 2 aliphatic rings. The fourth-order valence-electron chi connectivity index (χ4n) is 2.04. The molecule has 1 saturated heterocycles. The summed E-state index contributed by atoms with van der Waals surface area (Å²) in [6.07, 6.45) is 11.0. The molecule has 1 atom stereocenters. The molecule has 76 valence electrons. The molecule has 2 nitrogen and oxygen atoms in total. The smallest absolute Gasteiger partial charge is 0.159 e. The Morgan fingerprint density at radius 2 is 2.43 bits per heavy atom. The number of fused-ring (bicyclic) bond motifs is 1. The van der Waals surface area contributed by atoms with Gasteiger partial charge in [-0.15, -0.1) is 0 Å². The summed E-state index contributed by atoms with van der Waals surface area (Å²) in [5.74, 6) is 0.973. The third-order valence-corrected chi connectivity index (χ3v) is 2.74. The molecule has 1 aliphatic carbocycles. The van der Waals surface area contributed by atoms with E-state index in [1.807, 2.05) is 6.08 Å². The normalized spacial score (nSPS) is 29.6. The van der Waals surface area contributed by atoms with E-state index in [2.05, 4.69) is 37.4 Å². The first-order valence-electron chi connectivity index (χ1n) is 5.23. The summed E-state index contributed by atoms with van der Waals surface area (Å²) in [4.78, 5) is 0. The summed E-state index contributed by atoms with van der Waals surface area (Å²) in [5.41, 5.74) is 1.31. The topological polar surface area (TPSA) is 21.3 Å². The van der Waals surface area contributed by atoms with Crippen molar-refractivity contribution in [2.24, 2.45) is 5.41 Å². The molecule has 0 aromatic rings. The molecule has 2 heteroatoms. The van der Waals surface area contributed by atoms with Gasteiger partial charge in [-0.3, -0.25) is 0 Å². The van der Waals surface area contributed by atoms with E-state index < -0.39 is 0 Å². The molecule has 0 saturated carbocycles. The predicted molar refractivity (Wildman–Crippen MR) is 57.4 cm³/mol. The van der Waals surface area contributed by atoms with E-state index in [1.165, 1.54) is 12.8 Å². The van der Waals surface area contributed by atoms with Gasteiger partial charge < -0.3 is 10.1 Å². The van der Waals surface area contributed by atoms with Crippen molar-refractivity contribution in [3.8, 4) is 0 Å². The molecular weight excluding hydrogens is 174 g/mol. The molecule has 1 fully saturated rings. The summed E-state index contributed by atoms with van der Waals surface area (Å²) in [6.45, 7) is 5.08. The van der Waals surface area contributed by atoms with Crippen LogP contribution in [0.3, 0.4) is 0 Å². The highest BCUT2D eigenvalue weighted by molar-refractivity contribution is 5.36. The molecule has 0 spiro atoms. The van der Waals surface area contributed by atoms with Crippen LogP contribution in [0.4, 0.5) is 0 Å². The molecule has 2 rings (SSSR count). The third-order valence-electron chi connectivity index (χ3n) is 2.74. The molecule has 0 bridgehead atoms. The monoisotopic (exact) mass is 191 g/mol. The number of nitrogens with one attached hydrogen (secondary N) is 1. The van der Waals surface area contributed by atoms with Gasteiger partial charge in [0.25, 0.3) is 0 Å². The zero-order valence-corrected chi connectivity index (χ0v) is 8.84. The van der Waals surface area contributed by atoms with Gasteiger partial charge in [-0.1, -0.05) is 32.4 Å². The molecule has 0 aromatic carbocycles. The average Bonchev–Trinajstić information content (AvgIpc) is 2.47. The Labute approximate surface area is 85.3 Å². The molecule has 0 radical (unpaired) electrons. The molecule has 1 unspecified atom stereocenters. The van der Waals surface area contributed by atoms with Gasteiger partial charge in [0.1, 0.15) is 5.76 Å². The number of rotatable bonds is 2. The number of allylic oxidation sites excluding steroid dienone is 4. The first-order chi connectivity index (χ1) is 6.73. The van der Waals surface area contributed by atoms with Crippen LogP contribution in [0.5, 0.6) is 0 Å². The summed E-state index contributed by atoms with van der Waals surface area (Å²) in [7, 11) is 0. The zero-order valence-electron chi connectivity index (χ0n) is 8.84. The van der Waals surface area contributed by atoms with E-state index in [1.54, 1.807) is 0 Å². The standard InChI is InChI=1S/C12H17NO/c1-3-6-12(2)7-4-5-11-10(8-12)13-9-14-11/h4-5,7-8,13H,3,6,9H2,1-2H3. The molecule has 14 heavy (non-hydrogen) atoms. The highest BCUT2D eigenvalue weighted by atomic mass is 16.5. The maximum Gasteiger partial charge on any atom is 0.159 e. The van der Waals surface area contributed by atoms with Crippen LogP contribution in [0, 0.1) is 5.41 Å². The van der Waals surface area contributed by atoms with Gasteiger partial charge in [0.2, 0.25) is 0 Å². The Morgan fingerprint density at radius 1 is 1.57 bits per heavy atom. The lowest BCUT2D eigenvalue weighted by atomic mass is 9.85. The van der Waals surface area contributed by atoms with Gasteiger partial charge >= 0.3 is 0 Å². The highest BCUT2D eigenvalue weighted by Gasteiger charge is 2.23. The SMILES string of the molecule is CCCC1(C)C=CC=C2OCNC2=C1. The molecule has 0 aromatic heterocycles. The largest absolute Gasteiger partial charge is 0.471 e. The van der Waals surface area contributed by atoms with Gasteiger partial charge in [0.15, 0.2) is 6.73 Å². The van der Waals surface area contributed by atoms with Crippen molar-refractivity contribution >= 4 is 0 Å². The van der Waals surface area contributed by atoms with Crippen LogP contribution in [0.25, 0.3) is 0 Å². The van der Waals surface area contributed by atoms with Gasteiger partial charge in [0, 0.05) is 5.41 Å². The average molecular weight is 191 g/mol. The fourth-order valence-corrected chi connectivity index (χ4v) is 2.04. The minimum Gasteiger partial charge on any atom is -0.471 e. The quantitative estimate of drug-likeness (QED) is 0.724. The lowest BCUT2D eigenvalue weighted by molar-refractivity contribution is 0.255. The van der Waals surface area contributed by atoms with E-state index >= 15 is 0 Å². The van der Waals surface area contributed by atoms with E-state index in [4.69, 9.17) is 4.74 Å². The Morgan fingerprint density at radius 3 is 3.21 bits per heavy atom. The lowest BCUT2D eigenvalue weighted by Crippen LogP contribution is -2.13. The first-order valence-corrected chi connectivity index (χ1v) is 5.23. The summed E-state index contributed by atoms with van der Waals surface area (Å²) < 4.78 is 5.44. The molecule has 0 amide bonds. The third kappa shape index (κ3) is 1.69. The highest BCUT2D eigenvalue weighted by Crippen LogP contribution is 2.32. The summed E-state index contributed by atoms with van der Waals surface area (Å²) in [6, 6.07) is 0. The summed E-state index contributed by atoms with van der Waals surface area (Å²) >= 11 is 0. The van der Waals surface area contributed by atoms with Crippen molar-refractivity contribution in [3.63, 3.8) is 0 Å². The molecule has 1 N–H and O–H groups in total. The van der Waals surface area contributed by atoms with Crippen molar-refractivity contribution < 1.29 is 4.74 Å². The second kappa shape index (κ2) is 3.52. The van der Waals surface area contributed by atoms with Crippen molar-refractivity contribution in [1.29, 1.82) is 0 Å². The van der Waals surface area contributed by atoms with E-state index in [0.717, 1.165) is 11.5 Å². The number of hydrogen-bond donors (Lipinski definition) is 1. The second-order valence-corrected chi connectivity index (χ2v) is 4.17. The van der Waals surface area contributed by atoms with Gasteiger partial charge in [-0.2, -0.15) is 0 Å². The first kappa shape index (κ1) is 9.38. The maximum absolute atomic E-state index is 5.44. The minimum absolute atomic E-state index is 0.170. The van der Waals surface area contributed by atoms with Gasteiger partial charge in [-0.25, -0.2) is 0 Å². The second-order valence-electron chi connectivity index (χ2n) is 4.17. The van der Waals surface area contributed by atoms with Crippen molar-refractivity contribution in [1.82, 2.24) is 5.32 Å². The van der Waals surface area contributed by atoms with Crippen molar-refractivity contribution in [2.75, 3.05) is 6.73 Å². The summed E-state index contributed by atoms with van der Waals surface area (Å²) in [5, 5.41) is 3.24. The van der Waals surface area contributed by atoms with Crippen LogP contribution in [0.15, 0.2) is 35.8 Å². The number of ether oxygens (including phenoxy) is 1. The Kier molecular flexibility index (Phi) is 2.36. The molecule has 1 aliphatic heterocycles. The Balaban J connectivity index is 2.28. The van der Waals surface area contributed by atoms with Crippen molar-refractivity contribution in [2.45, 2.75) is 26.7 Å². The van der Waals surface area contributed by atoms with Crippen LogP contribution in [-0.4, -0.2) is 6.73 Å². The van der Waals surface area contributed by atoms with Crippen LogP contribution >= 0.6 is 0 Å². The Hall–Kier alpha value is -1.18. The van der Waals surface area contributed by atoms with Gasteiger partial charge in [0.05, 0.1) is 5.70 Å². The van der Waals surface area contributed by atoms with Crippen LogP contribution < -0.4 is 5.32 Å². The van der Waals surface area contributed by atoms with Crippen LogP contribution in [0.1, 0.15) is 26.7 Å². The zero-order chi connectivity index (χ0) is 10.0. The van der Waals surface area contributed by atoms with Gasteiger partial charge in [-0.05, 0) is 18.6 Å². The predicted octanol–water partition coefficient (Wildman–Crippen LogP) is 2.71. The molecule has 1 heterocycles. The molecular formula is C12H17NO. The fraction of sp³-hybridized carbons (Fsp3) is 0.500. The minimum atomic E-state index is 0.170. The maximum atomic E-state index is 5.44. The van der Waals surface area contributed by atoms with E-state index in [-0.39, 0.29) is 5.41 Å². The van der Waals surface area contributed by atoms with Crippen molar-refractivity contribution in [3.05, 3.63) is 35.8 Å². The van der Waals surface area contributed by atoms with E-state index in [9.17, 15) is 0 Å². The van der Waals surface area contributed by atoms with E-state index in [0.29, 0.717) is 6.73 Å². The Bertz CT molecular complexity index is 314. The van der Waals surface area contributed by atoms with Crippen LogP contribution in [-0.2, 0) is 4.74 Å². The van der Waals surface area contributed by atoms with Crippen LogP contribution in [0.2, 0.25) is 0 Å².